The van der Waals surface area contributed by atoms with E-state index in [4.69, 9.17) is 19.6 Å². The van der Waals surface area contributed by atoms with Gasteiger partial charge in [0, 0.05) is 12.0 Å². The fourth-order valence-corrected chi connectivity index (χ4v) is 7.48. The van der Waals surface area contributed by atoms with Gasteiger partial charge in [0.1, 0.15) is 0 Å². The van der Waals surface area contributed by atoms with Gasteiger partial charge in [-0.2, -0.15) is 13.2 Å². The number of alkyl halides is 3. The molecule has 250 valence electrons. The maximum atomic E-state index is 14.2. The van der Waals surface area contributed by atoms with Gasteiger partial charge >= 0.3 is 18.1 Å². The van der Waals surface area contributed by atoms with Gasteiger partial charge in [0.25, 0.3) is 0 Å². The zero-order valence-electron chi connectivity index (χ0n) is 25.5. The summed E-state index contributed by atoms with van der Waals surface area (Å²) in [5.74, 6) is -5.73. The molecule has 48 heavy (non-hydrogen) atoms. The highest BCUT2D eigenvalue weighted by molar-refractivity contribution is 8.14. The van der Waals surface area contributed by atoms with E-state index >= 15 is 0 Å². The summed E-state index contributed by atoms with van der Waals surface area (Å²) in [6, 6.07) is 27.3. The molecule has 0 radical (unpaired) electrons. The number of amides is 2. The number of likely N-dealkylation sites (tertiary alicyclic amines) is 1. The van der Waals surface area contributed by atoms with Crippen LogP contribution >= 0.6 is 11.8 Å². The Morgan fingerprint density at radius 1 is 0.917 bits per heavy atom. The minimum atomic E-state index is -5.08. The van der Waals surface area contributed by atoms with Crippen molar-refractivity contribution in [2.75, 3.05) is 19.4 Å². The van der Waals surface area contributed by atoms with Crippen LogP contribution in [0.2, 0.25) is 0 Å². The number of ether oxygens (including phenoxy) is 1. The summed E-state index contributed by atoms with van der Waals surface area (Å²) in [5, 5.41) is 7.60. The van der Waals surface area contributed by atoms with Crippen LogP contribution in [0.25, 0.3) is 0 Å². The molecule has 0 aromatic heterocycles. The zero-order chi connectivity index (χ0) is 34.6. The van der Waals surface area contributed by atoms with Gasteiger partial charge in [-0.3, -0.25) is 24.3 Å². The second-order valence-electron chi connectivity index (χ2n) is 11.3. The second-order valence-corrected chi connectivity index (χ2v) is 12.2. The minimum Gasteiger partial charge on any atom is -0.475 e. The summed E-state index contributed by atoms with van der Waals surface area (Å²) in [6.07, 6.45) is -4.93. The number of hydrogen-bond acceptors (Lipinski definition) is 9. The third-order valence-corrected chi connectivity index (χ3v) is 9.45. The summed E-state index contributed by atoms with van der Waals surface area (Å²) in [4.78, 5) is 71.8. The molecule has 2 fully saturated rings. The van der Waals surface area contributed by atoms with Gasteiger partial charge < -0.3 is 14.7 Å². The Kier molecular flexibility index (Phi) is 10.0. The number of rotatable bonds is 8. The van der Waals surface area contributed by atoms with Gasteiger partial charge in [0.15, 0.2) is 16.5 Å². The lowest BCUT2D eigenvalue weighted by Gasteiger charge is -2.40. The molecule has 3 aromatic carbocycles. The summed E-state index contributed by atoms with van der Waals surface area (Å²) in [7, 11) is 1.30. The van der Waals surface area contributed by atoms with Crippen molar-refractivity contribution in [3.05, 3.63) is 108 Å². The topological polar surface area (TPSA) is 134 Å². The second kappa shape index (κ2) is 14.0. The van der Waals surface area contributed by atoms with Gasteiger partial charge in [-0.25, -0.2) is 9.59 Å². The number of carbonyl (C=O) groups is 5. The Morgan fingerprint density at radius 2 is 1.46 bits per heavy atom. The van der Waals surface area contributed by atoms with Gasteiger partial charge in [0.2, 0.25) is 11.8 Å². The van der Waals surface area contributed by atoms with Crippen molar-refractivity contribution < 1.29 is 47.0 Å². The van der Waals surface area contributed by atoms with E-state index in [1.807, 2.05) is 83.8 Å². The molecule has 4 atom stereocenters. The highest BCUT2D eigenvalue weighted by atomic mass is 32.2. The van der Waals surface area contributed by atoms with E-state index in [9.17, 15) is 32.3 Å². The molecule has 0 bridgehead atoms. The van der Waals surface area contributed by atoms with Gasteiger partial charge in [-0.15, -0.1) is 0 Å². The number of aliphatic carboxylic acids is 1. The number of carboxylic acids is 1. The van der Waals surface area contributed by atoms with Crippen molar-refractivity contribution in [1.82, 2.24) is 9.80 Å². The number of thioether (sulfide) groups is 1. The molecule has 0 aliphatic carbocycles. The normalized spacial score (nSPS) is 22.8. The molecule has 0 saturated carbocycles. The van der Waals surface area contributed by atoms with Crippen LogP contribution in [0, 0.1) is 11.8 Å². The minimum absolute atomic E-state index is 0.0749. The van der Waals surface area contributed by atoms with Gasteiger partial charge in [-0.1, -0.05) is 103 Å². The van der Waals surface area contributed by atoms with Crippen LogP contribution in [0.4, 0.5) is 13.2 Å². The first kappa shape index (κ1) is 34.4. The van der Waals surface area contributed by atoms with E-state index < -0.39 is 41.5 Å². The number of carboxylic acid groups (broad SMARTS) is 1. The number of halogens is 3. The van der Waals surface area contributed by atoms with Crippen LogP contribution in [0.1, 0.15) is 21.5 Å². The number of ketones is 1. The first-order valence-corrected chi connectivity index (χ1v) is 15.7. The molecule has 2 saturated heterocycles. The van der Waals surface area contributed by atoms with Crippen LogP contribution in [0.15, 0.2) is 96.0 Å². The number of methoxy groups -OCH3 is 1. The van der Waals surface area contributed by atoms with Crippen molar-refractivity contribution >= 4 is 46.5 Å². The molecule has 6 rings (SSSR count). The Bertz CT molecular complexity index is 1720. The van der Waals surface area contributed by atoms with E-state index in [0.717, 1.165) is 11.1 Å². The molecule has 14 heteroatoms. The first-order valence-electron chi connectivity index (χ1n) is 14.8. The van der Waals surface area contributed by atoms with E-state index in [1.165, 1.54) is 23.8 Å². The lowest BCUT2D eigenvalue weighted by Crippen LogP contribution is -2.61. The monoisotopic (exact) mass is 681 g/mol. The number of amidine groups is 1. The van der Waals surface area contributed by atoms with Crippen molar-refractivity contribution in [3.8, 4) is 0 Å². The van der Waals surface area contributed by atoms with Crippen LogP contribution < -0.4 is 0 Å². The maximum Gasteiger partial charge on any atom is 0.490 e. The highest BCUT2D eigenvalue weighted by Crippen LogP contribution is 2.54. The van der Waals surface area contributed by atoms with E-state index in [0.29, 0.717) is 10.7 Å². The number of aliphatic imine (C=N–C) groups is 1. The van der Waals surface area contributed by atoms with Crippen molar-refractivity contribution in [2.45, 2.75) is 30.7 Å². The van der Waals surface area contributed by atoms with E-state index in [2.05, 4.69) is 0 Å². The van der Waals surface area contributed by atoms with E-state index in [-0.39, 0.29) is 42.9 Å². The zero-order valence-corrected chi connectivity index (χ0v) is 26.3. The number of carbonyl (C=O) groups excluding carboxylic acids is 4. The number of fused-ring (bicyclic) bond motifs is 3. The van der Waals surface area contributed by atoms with Crippen LogP contribution in [-0.4, -0.2) is 86.8 Å². The molecule has 3 aliphatic heterocycles. The molecule has 1 N–H and O–H groups in total. The first-order chi connectivity index (χ1) is 22.9. The van der Waals surface area contributed by atoms with Gasteiger partial charge in [-0.05, 0) is 11.1 Å². The predicted molar refractivity (Wildman–Crippen MR) is 169 cm³/mol. The molecule has 3 aromatic rings. The molecular formula is C34H30F3N3O7S. The van der Waals surface area contributed by atoms with Crippen LogP contribution in [0.5, 0.6) is 0 Å². The van der Waals surface area contributed by atoms with E-state index in [1.54, 1.807) is 12.1 Å². The summed E-state index contributed by atoms with van der Waals surface area (Å²) in [6.45, 7) is 0.379. The fraction of sp³-hybridized carbons (Fsp3) is 0.294. The summed E-state index contributed by atoms with van der Waals surface area (Å²) >= 11 is 1.23. The van der Waals surface area contributed by atoms with Crippen molar-refractivity contribution in [2.24, 2.45) is 16.8 Å². The average molecular weight is 682 g/mol. The summed E-state index contributed by atoms with van der Waals surface area (Å²) < 4.78 is 37.1. The number of hydrogen-bond donors (Lipinski definition) is 1. The predicted octanol–water partition coefficient (Wildman–Crippen LogP) is 4.25. The third kappa shape index (κ3) is 6.57. The Hall–Kier alpha value is -4.98. The van der Waals surface area contributed by atoms with Crippen LogP contribution in [-0.2, 0) is 36.9 Å². The average Bonchev–Trinajstić information content (AvgIpc) is 3.70. The highest BCUT2D eigenvalue weighted by Gasteiger charge is 2.73. The quantitative estimate of drug-likeness (QED) is 0.211. The molecule has 2 amide bonds. The molecule has 0 spiro atoms. The molecular weight excluding hydrogens is 651 g/mol. The molecule has 0 unspecified atom stereocenters. The SMILES string of the molecule is COC(=O)[C@@]1(Cc2ccccc2)[C@H]2C(=O)N(Cc3ccccc3)C(=O)[C@H]2[C@H]2CN=C(SCC(=O)c3ccccc3)N21.O=C(O)C(F)(F)F. The third-order valence-electron chi connectivity index (χ3n) is 8.46. The van der Waals surface area contributed by atoms with Gasteiger partial charge in [0.05, 0.1) is 43.8 Å². The van der Waals surface area contributed by atoms with Crippen LogP contribution in [0.3, 0.4) is 0 Å². The van der Waals surface area contributed by atoms with Crippen molar-refractivity contribution in [3.63, 3.8) is 0 Å². The molecule has 10 nitrogen and oxygen atoms in total. The standard InChI is InChI=1S/C32H29N3O5S.C2HF3O2/c1-40-30(39)32(17-21-11-5-2-6-12-21)27-26(28(37)34(29(27)38)19-22-13-7-3-8-14-22)24-18-33-31(35(24)32)41-20-25(36)23-15-9-4-10-16-23;3-2(4,5)1(6)7/h2-16,24,26-27H,17-20H2,1H3;(H,6,7)/t24-,26+,27-,32-;/m1./s1. The van der Waals surface area contributed by atoms with Crippen molar-refractivity contribution in [1.29, 1.82) is 0 Å². The Morgan fingerprint density at radius 3 is 2.00 bits per heavy atom. The Labute approximate surface area is 277 Å². The molecule has 3 aliphatic rings. The summed E-state index contributed by atoms with van der Waals surface area (Å²) in [5.41, 5.74) is 0.743. The Balaban J connectivity index is 0.000000582. The smallest absolute Gasteiger partial charge is 0.475 e. The number of benzene rings is 3. The maximum absolute atomic E-state index is 14.2. The fourth-order valence-electron chi connectivity index (χ4n) is 6.45. The largest absolute Gasteiger partial charge is 0.490 e. The lowest BCUT2D eigenvalue weighted by molar-refractivity contribution is -0.192. The number of esters is 1. The number of nitrogens with zero attached hydrogens (tertiary/aromatic N) is 3. The number of imide groups is 1. The molecule has 3 heterocycles. The lowest BCUT2D eigenvalue weighted by atomic mass is 9.76. The number of Topliss-reactive ketones (excluding diaryl/α,β-unsaturated/α-hetero) is 1.